The van der Waals surface area contributed by atoms with Crippen molar-refractivity contribution in [2.45, 2.75) is 33.2 Å². The lowest BCUT2D eigenvalue weighted by Gasteiger charge is -2.25. The zero-order chi connectivity index (χ0) is 18.2. The Kier molecular flexibility index (Phi) is 4.12. The Morgan fingerprint density at radius 3 is 2.68 bits per heavy atom. The zero-order valence-electron chi connectivity index (χ0n) is 14.7. The van der Waals surface area contributed by atoms with Crippen molar-refractivity contribution in [2.75, 3.05) is 0 Å². The molecule has 0 aliphatic rings. The molecule has 128 valence electrons. The van der Waals surface area contributed by atoms with E-state index < -0.39 is 5.54 Å². The largest absolute Gasteiger partial charge is 0.340 e. The van der Waals surface area contributed by atoms with E-state index in [0.29, 0.717) is 22.6 Å². The molecule has 0 bridgehead atoms. The van der Waals surface area contributed by atoms with E-state index in [1.807, 2.05) is 25.1 Å². The maximum Gasteiger partial charge on any atom is 0.254 e. The Morgan fingerprint density at radius 2 is 1.96 bits per heavy atom. The number of carbonyl (C=O) groups is 1. The van der Waals surface area contributed by atoms with E-state index in [1.165, 1.54) is 6.07 Å². The third kappa shape index (κ3) is 3.28. The maximum atomic E-state index is 12.9. The highest BCUT2D eigenvalue weighted by Crippen LogP contribution is 2.22. The summed E-state index contributed by atoms with van der Waals surface area (Å²) in [6.07, 6.45) is 1.67. The number of benzene rings is 1. The van der Waals surface area contributed by atoms with Crippen molar-refractivity contribution in [3.05, 3.63) is 69.5 Å². The van der Waals surface area contributed by atoms with Gasteiger partial charge in [-0.3, -0.25) is 14.6 Å². The third-order valence-electron chi connectivity index (χ3n) is 4.12. The Hall–Kier alpha value is -3.02. The average Bonchev–Trinajstić information content (AvgIpc) is 2.54. The molecule has 25 heavy (non-hydrogen) atoms. The van der Waals surface area contributed by atoms with Gasteiger partial charge in [0.25, 0.3) is 11.5 Å². The molecule has 0 unspecified atom stereocenters. The summed E-state index contributed by atoms with van der Waals surface area (Å²) in [6, 6.07) is 8.88. The highest BCUT2D eigenvalue weighted by Gasteiger charge is 2.27. The minimum Gasteiger partial charge on any atom is -0.340 e. The van der Waals surface area contributed by atoms with Crippen LogP contribution in [-0.4, -0.2) is 20.9 Å². The number of pyridine rings is 1. The summed E-state index contributed by atoms with van der Waals surface area (Å²) in [7, 11) is 0. The van der Waals surface area contributed by atoms with E-state index in [1.54, 1.807) is 33.0 Å². The SMILES string of the molecule is Cc1cc(=O)[nH]c(C(C)(C)NC(=O)c2ccc(C)c3cccnc23)n1. The van der Waals surface area contributed by atoms with Gasteiger partial charge in [-0.05, 0) is 45.4 Å². The molecule has 6 nitrogen and oxygen atoms in total. The molecule has 1 amide bonds. The molecule has 1 aromatic carbocycles. The van der Waals surface area contributed by atoms with Gasteiger partial charge in [-0.1, -0.05) is 12.1 Å². The molecule has 3 aromatic rings. The number of hydrogen-bond acceptors (Lipinski definition) is 4. The van der Waals surface area contributed by atoms with Gasteiger partial charge in [0.05, 0.1) is 16.6 Å². The number of nitrogens with zero attached hydrogens (tertiary/aromatic N) is 2. The topological polar surface area (TPSA) is 87.7 Å². The lowest BCUT2D eigenvalue weighted by Crippen LogP contribution is -2.43. The standard InChI is InChI=1S/C19H20N4O2/c1-11-7-8-14(16-13(11)6-5-9-20-16)17(25)23-19(3,4)18-21-12(2)10-15(24)22-18/h5-10H,1-4H3,(H,23,25)(H,21,22,24). The van der Waals surface area contributed by atoms with Crippen LogP contribution < -0.4 is 10.9 Å². The van der Waals surface area contributed by atoms with E-state index in [4.69, 9.17) is 0 Å². The minimum absolute atomic E-state index is 0.243. The van der Waals surface area contributed by atoms with Crippen LogP contribution in [0.2, 0.25) is 0 Å². The van der Waals surface area contributed by atoms with Crippen molar-refractivity contribution in [3.63, 3.8) is 0 Å². The molecule has 0 aliphatic carbocycles. The number of amides is 1. The molecule has 0 saturated heterocycles. The van der Waals surface area contributed by atoms with Gasteiger partial charge in [-0.2, -0.15) is 0 Å². The second kappa shape index (κ2) is 6.12. The van der Waals surface area contributed by atoms with Crippen LogP contribution in [0.5, 0.6) is 0 Å². The molecule has 0 spiro atoms. The first-order valence-electron chi connectivity index (χ1n) is 8.03. The molecule has 0 radical (unpaired) electrons. The molecule has 2 aromatic heterocycles. The average molecular weight is 336 g/mol. The Morgan fingerprint density at radius 1 is 1.20 bits per heavy atom. The van der Waals surface area contributed by atoms with Gasteiger partial charge < -0.3 is 10.3 Å². The summed E-state index contributed by atoms with van der Waals surface area (Å²) in [5, 5.41) is 3.88. The van der Waals surface area contributed by atoms with Crippen LogP contribution in [0, 0.1) is 13.8 Å². The van der Waals surface area contributed by atoms with E-state index in [9.17, 15) is 9.59 Å². The van der Waals surface area contributed by atoms with Crippen molar-refractivity contribution in [3.8, 4) is 0 Å². The predicted molar refractivity (Wildman–Crippen MR) is 96.6 cm³/mol. The highest BCUT2D eigenvalue weighted by molar-refractivity contribution is 6.06. The number of aryl methyl sites for hydroxylation is 2. The summed E-state index contributed by atoms with van der Waals surface area (Å²) in [5.41, 5.74) is 1.72. The van der Waals surface area contributed by atoms with Crippen molar-refractivity contribution >= 4 is 16.8 Å². The fourth-order valence-corrected chi connectivity index (χ4v) is 2.78. The smallest absolute Gasteiger partial charge is 0.254 e. The highest BCUT2D eigenvalue weighted by atomic mass is 16.2. The summed E-state index contributed by atoms with van der Waals surface area (Å²) in [5.74, 6) is 0.146. The number of nitrogens with one attached hydrogen (secondary N) is 2. The Labute approximate surface area is 145 Å². The number of hydrogen-bond donors (Lipinski definition) is 2. The zero-order valence-corrected chi connectivity index (χ0v) is 14.7. The van der Waals surface area contributed by atoms with Crippen molar-refractivity contribution in [1.29, 1.82) is 0 Å². The third-order valence-corrected chi connectivity index (χ3v) is 4.12. The molecular weight excluding hydrogens is 316 g/mol. The normalized spacial score (nSPS) is 11.5. The second-order valence-corrected chi connectivity index (χ2v) is 6.64. The second-order valence-electron chi connectivity index (χ2n) is 6.64. The monoisotopic (exact) mass is 336 g/mol. The molecule has 6 heteroatoms. The molecule has 3 rings (SSSR count). The summed E-state index contributed by atoms with van der Waals surface area (Å²) >= 11 is 0. The van der Waals surface area contributed by atoms with Crippen LogP contribution in [-0.2, 0) is 5.54 Å². The van der Waals surface area contributed by atoms with Gasteiger partial charge in [0.2, 0.25) is 0 Å². The van der Waals surface area contributed by atoms with E-state index in [-0.39, 0.29) is 11.5 Å². The molecular formula is C19H20N4O2. The molecule has 0 saturated carbocycles. The molecule has 0 atom stereocenters. The fourth-order valence-electron chi connectivity index (χ4n) is 2.78. The summed E-state index contributed by atoms with van der Waals surface area (Å²) < 4.78 is 0. The van der Waals surface area contributed by atoms with Crippen LogP contribution in [0.3, 0.4) is 0 Å². The molecule has 2 N–H and O–H groups in total. The number of rotatable bonds is 3. The first-order chi connectivity index (χ1) is 11.8. The van der Waals surface area contributed by atoms with Gasteiger partial charge in [-0.25, -0.2) is 4.98 Å². The van der Waals surface area contributed by atoms with Gasteiger partial charge in [0, 0.05) is 23.3 Å². The number of aromatic nitrogens is 3. The molecule has 0 fully saturated rings. The maximum absolute atomic E-state index is 12.9. The van der Waals surface area contributed by atoms with Crippen LogP contribution >= 0.6 is 0 Å². The lowest BCUT2D eigenvalue weighted by atomic mass is 10.0. The Balaban J connectivity index is 1.99. The van der Waals surface area contributed by atoms with Crippen LogP contribution in [0.4, 0.5) is 0 Å². The number of carbonyl (C=O) groups excluding carboxylic acids is 1. The van der Waals surface area contributed by atoms with Gasteiger partial charge >= 0.3 is 0 Å². The molecule has 2 heterocycles. The number of H-pyrrole nitrogens is 1. The number of fused-ring (bicyclic) bond motifs is 1. The summed E-state index contributed by atoms with van der Waals surface area (Å²) in [4.78, 5) is 36.0. The fraction of sp³-hybridized carbons (Fsp3) is 0.263. The molecule has 0 aliphatic heterocycles. The predicted octanol–water partition coefficient (Wildman–Crippen LogP) is 2.60. The van der Waals surface area contributed by atoms with Gasteiger partial charge in [0.1, 0.15) is 5.82 Å². The van der Waals surface area contributed by atoms with Crippen LogP contribution in [0.25, 0.3) is 10.9 Å². The summed E-state index contributed by atoms with van der Waals surface area (Å²) in [6.45, 7) is 7.32. The van der Waals surface area contributed by atoms with Gasteiger partial charge in [-0.15, -0.1) is 0 Å². The number of aromatic amines is 1. The van der Waals surface area contributed by atoms with Crippen LogP contribution in [0.15, 0.2) is 41.3 Å². The first kappa shape index (κ1) is 16.8. The van der Waals surface area contributed by atoms with E-state index in [0.717, 1.165) is 10.9 Å². The van der Waals surface area contributed by atoms with E-state index >= 15 is 0 Å². The van der Waals surface area contributed by atoms with E-state index in [2.05, 4.69) is 20.3 Å². The Bertz CT molecular complexity index is 1020. The van der Waals surface area contributed by atoms with Crippen LogP contribution in [0.1, 0.15) is 41.3 Å². The van der Waals surface area contributed by atoms with Crippen molar-refractivity contribution in [1.82, 2.24) is 20.3 Å². The quantitative estimate of drug-likeness (QED) is 0.769. The first-order valence-corrected chi connectivity index (χ1v) is 8.03. The minimum atomic E-state index is -0.839. The van der Waals surface area contributed by atoms with Crippen molar-refractivity contribution < 1.29 is 4.79 Å². The van der Waals surface area contributed by atoms with Crippen molar-refractivity contribution in [2.24, 2.45) is 0 Å². The van der Waals surface area contributed by atoms with Gasteiger partial charge in [0.15, 0.2) is 0 Å². The lowest BCUT2D eigenvalue weighted by molar-refractivity contribution is 0.0909.